The van der Waals surface area contributed by atoms with Crippen molar-refractivity contribution >= 4 is 11.6 Å². The molecule has 4 aromatic heterocycles. The third-order valence-electron chi connectivity index (χ3n) is 4.75. The number of aromatic nitrogens is 6. The van der Waals surface area contributed by atoms with Crippen molar-refractivity contribution in [3.8, 4) is 17.2 Å². The predicted molar refractivity (Wildman–Crippen MR) is 116 cm³/mol. The average Bonchev–Trinajstić information content (AvgIpc) is 3.09. The second-order valence-electron chi connectivity index (χ2n) is 7.19. The standard InChI is InChI=1S/C22H21N7O2/c1-13-9-14(2)29(28-13)19-7-6-17(12-24-19)26-20(30)10-18-15(3)25-21(27-22(18)31)16-5-4-8-23-11-16/h4-9,11-12H,10H2,1-3H3,(H,26,30)(H,25,27,31). The van der Waals surface area contributed by atoms with Crippen LogP contribution in [0.25, 0.3) is 17.2 Å². The van der Waals surface area contributed by atoms with Crippen molar-refractivity contribution in [3.05, 3.63) is 81.9 Å². The van der Waals surface area contributed by atoms with Gasteiger partial charge >= 0.3 is 0 Å². The van der Waals surface area contributed by atoms with Crippen molar-refractivity contribution < 1.29 is 4.79 Å². The molecule has 0 radical (unpaired) electrons. The number of carbonyl (C=O) groups excluding carboxylic acids is 1. The van der Waals surface area contributed by atoms with Crippen molar-refractivity contribution in [1.29, 1.82) is 0 Å². The summed E-state index contributed by atoms with van der Waals surface area (Å²) in [4.78, 5) is 40.6. The number of nitrogens with zero attached hydrogens (tertiary/aromatic N) is 5. The van der Waals surface area contributed by atoms with Gasteiger partial charge in [-0.3, -0.25) is 14.6 Å². The Morgan fingerprint density at radius 3 is 2.61 bits per heavy atom. The number of anilines is 1. The molecule has 0 aliphatic rings. The largest absolute Gasteiger partial charge is 0.324 e. The summed E-state index contributed by atoms with van der Waals surface area (Å²) in [6, 6.07) is 9.06. The number of carbonyl (C=O) groups is 1. The molecular weight excluding hydrogens is 394 g/mol. The summed E-state index contributed by atoms with van der Waals surface area (Å²) in [5, 5.41) is 7.16. The molecule has 9 nitrogen and oxygen atoms in total. The first kappa shape index (κ1) is 20.1. The summed E-state index contributed by atoms with van der Waals surface area (Å²) in [5.74, 6) is 0.750. The van der Waals surface area contributed by atoms with E-state index in [2.05, 4.69) is 30.4 Å². The van der Waals surface area contributed by atoms with Gasteiger partial charge in [-0.2, -0.15) is 5.10 Å². The quantitative estimate of drug-likeness (QED) is 0.517. The van der Waals surface area contributed by atoms with Crippen LogP contribution in [0.1, 0.15) is 22.6 Å². The van der Waals surface area contributed by atoms with E-state index >= 15 is 0 Å². The Morgan fingerprint density at radius 2 is 2.00 bits per heavy atom. The van der Waals surface area contributed by atoms with E-state index in [1.807, 2.05) is 19.9 Å². The van der Waals surface area contributed by atoms with Gasteiger partial charge in [0.05, 0.1) is 24.0 Å². The van der Waals surface area contributed by atoms with Crippen LogP contribution in [0, 0.1) is 20.8 Å². The van der Waals surface area contributed by atoms with Gasteiger partial charge in [0.2, 0.25) is 5.91 Å². The SMILES string of the molecule is Cc1cc(C)n(-c2ccc(NC(=O)Cc3c(C)nc(-c4cccnc4)[nH]c3=O)cn2)n1. The van der Waals surface area contributed by atoms with Crippen LogP contribution in [-0.4, -0.2) is 35.6 Å². The molecule has 0 unspecified atom stereocenters. The van der Waals surface area contributed by atoms with E-state index in [-0.39, 0.29) is 17.9 Å². The van der Waals surface area contributed by atoms with Gasteiger partial charge in [-0.05, 0) is 51.1 Å². The second-order valence-corrected chi connectivity index (χ2v) is 7.19. The maximum absolute atomic E-state index is 12.5. The molecule has 1 amide bonds. The van der Waals surface area contributed by atoms with Gasteiger partial charge in [-0.1, -0.05) is 0 Å². The van der Waals surface area contributed by atoms with Crippen LogP contribution in [0.3, 0.4) is 0 Å². The average molecular weight is 415 g/mol. The van der Waals surface area contributed by atoms with Crippen LogP contribution >= 0.6 is 0 Å². The normalized spacial score (nSPS) is 10.8. The fourth-order valence-electron chi connectivity index (χ4n) is 3.27. The van der Waals surface area contributed by atoms with Crippen LogP contribution in [0.4, 0.5) is 5.69 Å². The van der Waals surface area contributed by atoms with Crippen molar-refractivity contribution in [2.45, 2.75) is 27.2 Å². The summed E-state index contributed by atoms with van der Waals surface area (Å²) < 4.78 is 1.74. The van der Waals surface area contributed by atoms with Crippen molar-refractivity contribution in [2.24, 2.45) is 0 Å². The number of aryl methyl sites for hydroxylation is 3. The molecule has 0 saturated carbocycles. The van der Waals surface area contributed by atoms with Crippen molar-refractivity contribution in [3.63, 3.8) is 0 Å². The van der Waals surface area contributed by atoms with E-state index in [9.17, 15) is 9.59 Å². The van der Waals surface area contributed by atoms with Gasteiger partial charge in [0.25, 0.3) is 5.56 Å². The molecule has 4 aromatic rings. The molecule has 0 aliphatic carbocycles. The third kappa shape index (κ3) is 4.40. The molecule has 0 saturated heterocycles. The number of hydrogen-bond donors (Lipinski definition) is 2. The number of amides is 1. The molecule has 2 N–H and O–H groups in total. The van der Waals surface area contributed by atoms with Gasteiger partial charge in [-0.15, -0.1) is 0 Å². The number of H-pyrrole nitrogens is 1. The number of nitrogens with one attached hydrogen (secondary N) is 2. The molecule has 0 aromatic carbocycles. The molecule has 9 heteroatoms. The fourth-order valence-corrected chi connectivity index (χ4v) is 3.27. The minimum Gasteiger partial charge on any atom is -0.324 e. The highest BCUT2D eigenvalue weighted by molar-refractivity contribution is 5.92. The number of hydrogen-bond acceptors (Lipinski definition) is 6. The van der Waals surface area contributed by atoms with Crippen LogP contribution in [0.2, 0.25) is 0 Å². The summed E-state index contributed by atoms with van der Waals surface area (Å²) in [7, 11) is 0. The monoisotopic (exact) mass is 415 g/mol. The minimum absolute atomic E-state index is 0.0965. The maximum atomic E-state index is 12.5. The fraction of sp³-hybridized carbons (Fsp3) is 0.182. The van der Waals surface area contributed by atoms with Crippen LogP contribution in [0.5, 0.6) is 0 Å². The Hall–Kier alpha value is -4.14. The van der Waals surface area contributed by atoms with Crippen LogP contribution < -0.4 is 10.9 Å². The zero-order chi connectivity index (χ0) is 22.0. The zero-order valence-electron chi connectivity index (χ0n) is 17.4. The second kappa shape index (κ2) is 8.31. The Kier molecular flexibility index (Phi) is 5.40. The van der Waals surface area contributed by atoms with E-state index < -0.39 is 0 Å². The lowest BCUT2D eigenvalue weighted by Gasteiger charge is -2.09. The molecule has 0 aliphatic heterocycles. The highest BCUT2D eigenvalue weighted by Crippen LogP contribution is 2.15. The number of pyridine rings is 2. The molecule has 4 rings (SSSR count). The molecule has 4 heterocycles. The van der Waals surface area contributed by atoms with Gasteiger partial charge in [-0.25, -0.2) is 14.6 Å². The summed E-state index contributed by atoms with van der Waals surface area (Å²) in [6.07, 6.45) is 4.73. The summed E-state index contributed by atoms with van der Waals surface area (Å²) >= 11 is 0. The van der Waals surface area contributed by atoms with Crippen molar-refractivity contribution in [1.82, 2.24) is 29.7 Å². The smallest absolute Gasteiger partial charge is 0.255 e. The van der Waals surface area contributed by atoms with E-state index in [0.717, 1.165) is 11.4 Å². The molecular formula is C22H21N7O2. The van der Waals surface area contributed by atoms with Crippen LogP contribution in [-0.2, 0) is 11.2 Å². The molecule has 0 bridgehead atoms. The summed E-state index contributed by atoms with van der Waals surface area (Å²) in [5.41, 5.74) is 3.57. The van der Waals surface area contributed by atoms with E-state index in [1.54, 1.807) is 54.5 Å². The van der Waals surface area contributed by atoms with Gasteiger partial charge in [0.1, 0.15) is 5.82 Å². The van der Waals surface area contributed by atoms with E-state index in [1.165, 1.54) is 0 Å². The maximum Gasteiger partial charge on any atom is 0.255 e. The van der Waals surface area contributed by atoms with E-state index in [4.69, 9.17) is 0 Å². The Morgan fingerprint density at radius 1 is 1.16 bits per heavy atom. The van der Waals surface area contributed by atoms with Gasteiger partial charge in [0.15, 0.2) is 5.82 Å². The Bertz CT molecular complexity index is 1290. The molecule has 0 atom stereocenters. The first-order valence-electron chi connectivity index (χ1n) is 9.70. The Labute approximate surface area is 178 Å². The third-order valence-corrected chi connectivity index (χ3v) is 4.75. The minimum atomic E-state index is -0.348. The lowest BCUT2D eigenvalue weighted by molar-refractivity contribution is -0.115. The van der Waals surface area contributed by atoms with Crippen molar-refractivity contribution in [2.75, 3.05) is 5.32 Å². The van der Waals surface area contributed by atoms with Gasteiger partial charge < -0.3 is 10.3 Å². The Balaban J connectivity index is 1.48. The highest BCUT2D eigenvalue weighted by Gasteiger charge is 2.14. The molecule has 0 spiro atoms. The lowest BCUT2D eigenvalue weighted by Crippen LogP contribution is -2.24. The first-order chi connectivity index (χ1) is 14.9. The highest BCUT2D eigenvalue weighted by atomic mass is 16.2. The zero-order valence-corrected chi connectivity index (χ0v) is 17.4. The van der Waals surface area contributed by atoms with Crippen LogP contribution in [0.15, 0.2) is 53.7 Å². The molecule has 31 heavy (non-hydrogen) atoms. The lowest BCUT2D eigenvalue weighted by atomic mass is 10.1. The summed E-state index contributed by atoms with van der Waals surface area (Å²) in [6.45, 7) is 5.58. The van der Waals surface area contributed by atoms with Gasteiger partial charge in [0, 0.05) is 34.9 Å². The molecule has 0 fully saturated rings. The number of rotatable bonds is 5. The topological polar surface area (TPSA) is 118 Å². The molecule has 156 valence electrons. The first-order valence-corrected chi connectivity index (χ1v) is 9.70. The van der Waals surface area contributed by atoms with E-state index in [0.29, 0.717) is 34.2 Å². The predicted octanol–water partition coefficient (Wildman–Crippen LogP) is 2.52. The number of aromatic amines is 1.